The lowest BCUT2D eigenvalue weighted by Crippen LogP contribution is -2.28. The summed E-state index contributed by atoms with van der Waals surface area (Å²) in [5, 5.41) is 10.6. The lowest BCUT2D eigenvalue weighted by atomic mass is 10.2. The van der Waals surface area contributed by atoms with Crippen LogP contribution < -0.4 is 5.32 Å². The van der Waals surface area contributed by atoms with Gasteiger partial charge in [0, 0.05) is 36.5 Å². The van der Waals surface area contributed by atoms with E-state index in [4.69, 9.17) is 0 Å². The first-order valence-electron chi connectivity index (χ1n) is 9.87. The fraction of sp³-hybridized carbons (Fsp3) is 0.400. The van der Waals surface area contributed by atoms with E-state index < -0.39 is 29.6 Å². The molecule has 0 aromatic carbocycles. The summed E-state index contributed by atoms with van der Waals surface area (Å²) in [7, 11) is 1.28. The van der Waals surface area contributed by atoms with Gasteiger partial charge in [-0.05, 0) is 31.7 Å². The molecule has 0 radical (unpaired) electrons. The van der Waals surface area contributed by atoms with Crippen molar-refractivity contribution in [2.24, 2.45) is 7.05 Å². The summed E-state index contributed by atoms with van der Waals surface area (Å²) in [4.78, 5) is 16.7. The maximum Gasteiger partial charge on any atom is 0.435 e. The topological polar surface area (TPSA) is 77.6 Å². The third-order valence-electron chi connectivity index (χ3n) is 5.68. The van der Waals surface area contributed by atoms with Gasteiger partial charge >= 0.3 is 6.18 Å². The first-order valence-corrected chi connectivity index (χ1v) is 9.87. The number of aryl methyl sites for hydroxylation is 2. The largest absolute Gasteiger partial charge is 0.435 e. The average molecular weight is 434 g/mol. The number of amides is 1. The van der Waals surface area contributed by atoms with Crippen molar-refractivity contribution in [3.05, 3.63) is 58.7 Å². The maximum absolute atomic E-state index is 14.4. The van der Waals surface area contributed by atoms with Crippen molar-refractivity contribution in [3.63, 3.8) is 0 Å². The molecule has 3 aromatic rings. The number of nitrogens with zero attached hydrogens (tertiary/aromatic N) is 5. The van der Waals surface area contributed by atoms with E-state index in [0.717, 1.165) is 40.5 Å². The van der Waals surface area contributed by atoms with E-state index in [2.05, 4.69) is 20.5 Å². The highest BCUT2D eigenvalue weighted by Gasteiger charge is 2.36. The van der Waals surface area contributed by atoms with Crippen LogP contribution in [-0.4, -0.2) is 30.5 Å². The summed E-state index contributed by atoms with van der Waals surface area (Å²) in [5.74, 6) is -0.808. The predicted molar refractivity (Wildman–Crippen MR) is 100 cm³/mol. The minimum Gasteiger partial charge on any atom is -0.344 e. The van der Waals surface area contributed by atoms with Crippen LogP contribution in [0.4, 0.5) is 17.6 Å². The quantitative estimate of drug-likeness (QED) is 0.638. The molecule has 1 saturated carbocycles. The Morgan fingerprint density at radius 3 is 2.65 bits per heavy atom. The molecule has 1 fully saturated rings. The molecule has 3 heterocycles. The number of carbonyl (C=O) groups excluding carboxylic acids is 1. The number of nitrogens with one attached hydrogen (secondary N) is 1. The monoisotopic (exact) mass is 434 g/mol. The van der Waals surface area contributed by atoms with Crippen LogP contribution in [0, 0.1) is 5.82 Å². The lowest BCUT2D eigenvalue weighted by Gasteiger charge is -2.13. The Bertz CT molecular complexity index is 1180. The van der Waals surface area contributed by atoms with Crippen LogP contribution >= 0.6 is 0 Å². The average Bonchev–Trinajstić information content (AvgIpc) is 3.18. The van der Waals surface area contributed by atoms with Crippen LogP contribution in [-0.2, 0) is 19.6 Å². The van der Waals surface area contributed by atoms with Gasteiger partial charge in [0.25, 0.3) is 5.91 Å². The molecule has 3 aromatic heterocycles. The second-order valence-corrected chi connectivity index (χ2v) is 7.91. The Morgan fingerprint density at radius 2 is 1.97 bits per heavy atom. The van der Waals surface area contributed by atoms with E-state index >= 15 is 0 Å². The zero-order valence-electron chi connectivity index (χ0n) is 16.4. The normalized spacial score (nSPS) is 18.3. The number of pyridine rings is 1. The molecule has 7 nitrogen and oxygen atoms in total. The molecule has 11 heteroatoms. The molecule has 1 atom stereocenters. The molecular weight excluding hydrogens is 416 g/mol. The van der Waals surface area contributed by atoms with Gasteiger partial charge in [0.05, 0.1) is 17.9 Å². The van der Waals surface area contributed by atoms with E-state index in [1.165, 1.54) is 17.9 Å². The van der Waals surface area contributed by atoms with E-state index in [1.54, 1.807) is 12.3 Å². The van der Waals surface area contributed by atoms with Crippen LogP contribution in [0.3, 0.4) is 0 Å². The van der Waals surface area contributed by atoms with Gasteiger partial charge in [0.1, 0.15) is 11.4 Å². The molecule has 0 saturated heterocycles. The first kappa shape index (κ1) is 19.7. The van der Waals surface area contributed by atoms with Crippen LogP contribution in [0.1, 0.15) is 64.4 Å². The van der Waals surface area contributed by atoms with E-state index in [1.807, 2.05) is 0 Å². The van der Waals surface area contributed by atoms with Gasteiger partial charge in [0.15, 0.2) is 11.5 Å². The van der Waals surface area contributed by atoms with Crippen molar-refractivity contribution >= 4 is 5.91 Å². The summed E-state index contributed by atoms with van der Waals surface area (Å²) in [6, 6.07) is 1.98. The molecule has 5 rings (SSSR count). The first-order chi connectivity index (χ1) is 14.7. The Labute approximate surface area is 174 Å². The van der Waals surface area contributed by atoms with Gasteiger partial charge in [-0.1, -0.05) is 0 Å². The Balaban J connectivity index is 1.38. The van der Waals surface area contributed by atoms with Gasteiger partial charge < -0.3 is 5.32 Å². The van der Waals surface area contributed by atoms with E-state index in [9.17, 15) is 22.4 Å². The number of alkyl halides is 3. The Morgan fingerprint density at radius 1 is 1.19 bits per heavy atom. The molecule has 162 valence electrons. The Kier molecular flexibility index (Phi) is 4.38. The summed E-state index contributed by atoms with van der Waals surface area (Å²) in [5.41, 5.74) is 1.24. The number of rotatable bonds is 4. The number of halogens is 4. The molecule has 31 heavy (non-hydrogen) atoms. The molecule has 1 amide bonds. The number of hydrogen-bond donors (Lipinski definition) is 1. The summed E-state index contributed by atoms with van der Waals surface area (Å²) in [6.07, 6.45) is 1.40. The van der Waals surface area contributed by atoms with Crippen LogP contribution in [0.25, 0.3) is 5.69 Å². The molecule has 0 aliphatic heterocycles. The summed E-state index contributed by atoms with van der Waals surface area (Å²) >= 11 is 0. The minimum absolute atomic E-state index is 0.192. The highest BCUT2D eigenvalue weighted by molar-refractivity contribution is 5.93. The molecule has 1 unspecified atom stereocenters. The van der Waals surface area contributed by atoms with Crippen LogP contribution in [0.15, 0.2) is 24.5 Å². The number of aromatic nitrogens is 5. The smallest absolute Gasteiger partial charge is 0.344 e. The number of carbonyl (C=O) groups is 1. The van der Waals surface area contributed by atoms with Gasteiger partial charge in [0.2, 0.25) is 0 Å². The number of hydrogen-bond acceptors (Lipinski definition) is 4. The van der Waals surface area contributed by atoms with Gasteiger partial charge in [-0.25, -0.2) is 9.07 Å². The second kappa shape index (κ2) is 6.89. The maximum atomic E-state index is 14.4. The van der Waals surface area contributed by atoms with Crippen molar-refractivity contribution in [3.8, 4) is 5.69 Å². The standard InChI is InChI=1S/C20H18F4N6O/c1-29-17(7-18(28-29)20(22,23)24)19(31)26-13-4-5-14-11(13)9-30(27-14)16-6-15(10-2-3-10)25-8-12(16)21/h6-10,13H,2-5H2,1H3,(H,26,31). The fourth-order valence-electron chi connectivity index (χ4n) is 3.89. The highest BCUT2D eigenvalue weighted by atomic mass is 19.4. The molecule has 2 aliphatic rings. The second-order valence-electron chi connectivity index (χ2n) is 7.91. The van der Waals surface area contributed by atoms with Gasteiger partial charge in [-0.15, -0.1) is 0 Å². The van der Waals surface area contributed by atoms with Crippen molar-refractivity contribution in [2.45, 2.75) is 43.8 Å². The van der Waals surface area contributed by atoms with Crippen LogP contribution in [0.5, 0.6) is 0 Å². The SMILES string of the molecule is Cn1nc(C(F)(F)F)cc1C(=O)NC1CCc2nn(-c3cc(C4CC4)ncc3F)cc21. The summed E-state index contributed by atoms with van der Waals surface area (Å²) < 4.78 is 55.3. The summed E-state index contributed by atoms with van der Waals surface area (Å²) in [6.45, 7) is 0. The zero-order valence-corrected chi connectivity index (χ0v) is 16.4. The third kappa shape index (κ3) is 3.57. The molecular formula is C20H18F4N6O. The predicted octanol–water partition coefficient (Wildman–Crippen LogP) is 3.45. The Hall–Kier alpha value is -3.24. The van der Waals surface area contributed by atoms with Crippen LogP contribution in [0.2, 0.25) is 0 Å². The third-order valence-corrected chi connectivity index (χ3v) is 5.68. The highest BCUT2D eigenvalue weighted by Crippen LogP contribution is 2.40. The van der Waals surface area contributed by atoms with E-state index in [-0.39, 0.29) is 11.4 Å². The van der Waals surface area contributed by atoms with Crippen molar-refractivity contribution < 1.29 is 22.4 Å². The number of fused-ring (bicyclic) bond motifs is 1. The van der Waals surface area contributed by atoms with E-state index in [0.29, 0.717) is 18.8 Å². The van der Waals surface area contributed by atoms with Crippen molar-refractivity contribution in [1.29, 1.82) is 0 Å². The van der Waals surface area contributed by atoms with Gasteiger partial charge in [-0.3, -0.25) is 14.5 Å². The molecule has 0 bridgehead atoms. The van der Waals surface area contributed by atoms with Crippen molar-refractivity contribution in [2.75, 3.05) is 0 Å². The molecule has 1 N–H and O–H groups in total. The lowest BCUT2D eigenvalue weighted by molar-refractivity contribution is -0.141. The van der Waals surface area contributed by atoms with Gasteiger partial charge in [-0.2, -0.15) is 23.4 Å². The minimum atomic E-state index is -4.63. The fourth-order valence-corrected chi connectivity index (χ4v) is 3.89. The molecule has 2 aliphatic carbocycles. The van der Waals surface area contributed by atoms with Crippen molar-refractivity contribution in [1.82, 2.24) is 29.9 Å². The molecule has 0 spiro atoms. The zero-order chi connectivity index (χ0) is 21.9.